The van der Waals surface area contributed by atoms with Gasteiger partial charge in [0.1, 0.15) is 0 Å². The predicted molar refractivity (Wildman–Crippen MR) is 97.1 cm³/mol. The molecule has 2 heterocycles. The maximum absolute atomic E-state index is 6.14. The minimum absolute atomic E-state index is 0.530. The fourth-order valence-electron chi connectivity index (χ4n) is 3.77. The molecule has 1 unspecified atom stereocenters. The molecule has 4 heteroatoms. The molecule has 3 nitrogen and oxygen atoms in total. The van der Waals surface area contributed by atoms with Crippen molar-refractivity contribution in [2.45, 2.75) is 46.6 Å². The zero-order valence-corrected chi connectivity index (χ0v) is 14.8. The van der Waals surface area contributed by atoms with Crippen LogP contribution < -0.4 is 5.73 Å². The van der Waals surface area contributed by atoms with Crippen LogP contribution in [0.3, 0.4) is 0 Å². The highest BCUT2D eigenvalue weighted by molar-refractivity contribution is 7.17. The first kappa shape index (κ1) is 14.9. The molecule has 3 aromatic rings. The lowest BCUT2D eigenvalue weighted by Crippen LogP contribution is -2.13. The van der Waals surface area contributed by atoms with E-state index in [9.17, 15) is 0 Å². The van der Waals surface area contributed by atoms with Crippen LogP contribution in [0.4, 0.5) is 0 Å². The van der Waals surface area contributed by atoms with Crippen molar-refractivity contribution in [3.63, 3.8) is 0 Å². The third-order valence-corrected chi connectivity index (χ3v) is 6.09. The lowest BCUT2D eigenvalue weighted by molar-refractivity contribution is 0.498. The average molecular weight is 325 g/mol. The quantitative estimate of drug-likeness (QED) is 0.765. The van der Waals surface area contributed by atoms with E-state index in [0.29, 0.717) is 6.54 Å². The van der Waals surface area contributed by atoms with Gasteiger partial charge in [0.05, 0.1) is 11.4 Å². The number of hydrogen-bond acceptors (Lipinski definition) is 3. The maximum atomic E-state index is 6.14. The van der Waals surface area contributed by atoms with Crippen molar-refractivity contribution in [3.8, 4) is 11.3 Å². The van der Waals surface area contributed by atoms with Crippen molar-refractivity contribution in [2.24, 2.45) is 11.7 Å². The standard InChI is InChI=1S/C19H23N3S/c1-11-4-6-14(13(3)8-11)18-16(10-20)22-15-7-5-12(2)9-17(15)23-19(22)21-18/h4,6,8,12H,5,7,9-10,20H2,1-3H3. The van der Waals surface area contributed by atoms with Crippen LogP contribution in [0.1, 0.15) is 40.7 Å². The summed E-state index contributed by atoms with van der Waals surface area (Å²) in [5.41, 5.74) is 13.6. The second kappa shape index (κ2) is 5.46. The summed E-state index contributed by atoms with van der Waals surface area (Å²) in [6, 6.07) is 6.57. The van der Waals surface area contributed by atoms with E-state index in [-0.39, 0.29) is 0 Å². The first-order valence-corrected chi connectivity index (χ1v) is 9.19. The van der Waals surface area contributed by atoms with Crippen molar-refractivity contribution < 1.29 is 0 Å². The molecule has 0 amide bonds. The molecule has 2 aromatic heterocycles. The molecule has 4 rings (SSSR count). The molecule has 0 saturated heterocycles. The van der Waals surface area contributed by atoms with E-state index in [4.69, 9.17) is 10.7 Å². The molecular formula is C19H23N3S. The molecule has 0 radical (unpaired) electrons. The Labute approximate surface area is 141 Å². The SMILES string of the molecule is Cc1ccc(-c2nc3sc4c(n3c2CN)CCC(C)C4)c(C)c1. The molecule has 0 fully saturated rings. The van der Waals surface area contributed by atoms with Gasteiger partial charge in [-0.25, -0.2) is 4.98 Å². The van der Waals surface area contributed by atoms with Gasteiger partial charge in [0, 0.05) is 22.7 Å². The Kier molecular flexibility index (Phi) is 3.54. The summed E-state index contributed by atoms with van der Waals surface area (Å²) in [6.45, 7) is 7.16. The van der Waals surface area contributed by atoms with Crippen molar-refractivity contribution in [3.05, 3.63) is 45.6 Å². The number of hydrogen-bond donors (Lipinski definition) is 1. The Balaban J connectivity index is 1.93. The van der Waals surface area contributed by atoms with E-state index in [2.05, 4.69) is 43.4 Å². The summed E-state index contributed by atoms with van der Waals surface area (Å²) in [5.74, 6) is 0.783. The van der Waals surface area contributed by atoms with E-state index >= 15 is 0 Å². The van der Waals surface area contributed by atoms with Gasteiger partial charge in [-0.05, 0) is 44.6 Å². The van der Waals surface area contributed by atoms with Crippen LogP contribution in [0.25, 0.3) is 16.2 Å². The minimum Gasteiger partial charge on any atom is -0.325 e. The summed E-state index contributed by atoms with van der Waals surface area (Å²) in [4.78, 5) is 7.59. The minimum atomic E-state index is 0.530. The highest BCUT2D eigenvalue weighted by Gasteiger charge is 2.25. The van der Waals surface area contributed by atoms with Crippen molar-refractivity contribution >= 4 is 16.3 Å². The second-order valence-corrected chi connectivity index (χ2v) is 7.93. The molecule has 23 heavy (non-hydrogen) atoms. The van der Waals surface area contributed by atoms with Crippen LogP contribution in [0.2, 0.25) is 0 Å². The molecule has 120 valence electrons. The predicted octanol–water partition coefficient (Wildman–Crippen LogP) is 4.26. The van der Waals surface area contributed by atoms with Gasteiger partial charge in [0.2, 0.25) is 0 Å². The summed E-state index contributed by atoms with van der Waals surface area (Å²) in [6.07, 6.45) is 3.60. The van der Waals surface area contributed by atoms with Crippen LogP contribution >= 0.6 is 11.3 Å². The molecule has 0 saturated carbocycles. The van der Waals surface area contributed by atoms with Gasteiger partial charge in [-0.3, -0.25) is 4.40 Å². The van der Waals surface area contributed by atoms with Gasteiger partial charge in [-0.1, -0.05) is 30.7 Å². The van der Waals surface area contributed by atoms with Gasteiger partial charge in [-0.15, -0.1) is 11.3 Å². The second-order valence-electron chi connectivity index (χ2n) is 6.87. The first-order valence-electron chi connectivity index (χ1n) is 8.38. The van der Waals surface area contributed by atoms with Gasteiger partial charge in [0.15, 0.2) is 4.96 Å². The Bertz CT molecular complexity index is 888. The number of imidazole rings is 1. The molecule has 2 N–H and O–H groups in total. The number of nitrogens with two attached hydrogens (primary N) is 1. The summed E-state index contributed by atoms with van der Waals surface area (Å²) in [7, 11) is 0. The maximum Gasteiger partial charge on any atom is 0.194 e. The van der Waals surface area contributed by atoms with Crippen molar-refractivity contribution in [1.82, 2.24) is 9.38 Å². The topological polar surface area (TPSA) is 43.3 Å². The molecule has 1 aromatic carbocycles. The Hall–Kier alpha value is -1.65. The lowest BCUT2D eigenvalue weighted by Gasteiger charge is -2.18. The van der Waals surface area contributed by atoms with Crippen LogP contribution in [0.15, 0.2) is 18.2 Å². The van der Waals surface area contributed by atoms with Crippen molar-refractivity contribution in [2.75, 3.05) is 0 Å². The number of rotatable bonds is 2. The molecule has 0 bridgehead atoms. The fourth-order valence-corrected chi connectivity index (χ4v) is 5.12. The number of nitrogens with zero attached hydrogens (tertiary/aromatic N) is 2. The molecule has 0 spiro atoms. The Morgan fingerprint density at radius 2 is 2.17 bits per heavy atom. The lowest BCUT2D eigenvalue weighted by atomic mass is 9.93. The Morgan fingerprint density at radius 1 is 1.35 bits per heavy atom. The number of aryl methyl sites for hydroxylation is 3. The number of benzene rings is 1. The van der Waals surface area contributed by atoms with E-state index in [1.165, 1.54) is 45.8 Å². The van der Waals surface area contributed by atoms with E-state index in [1.807, 2.05) is 11.3 Å². The largest absolute Gasteiger partial charge is 0.325 e. The summed E-state index contributed by atoms with van der Waals surface area (Å²) >= 11 is 1.85. The highest BCUT2D eigenvalue weighted by Crippen LogP contribution is 2.37. The molecule has 1 aliphatic carbocycles. The van der Waals surface area contributed by atoms with E-state index in [0.717, 1.165) is 23.0 Å². The number of aromatic nitrogens is 2. The zero-order chi connectivity index (χ0) is 16.1. The highest BCUT2D eigenvalue weighted by atomic mass is 32.1. The van der Waals surface area contributed by atoms with Gasteiger partial charge < -0.3 is 5.73 Å². The van der Waals surface area contributed by atoms with Crippen LogP contribution in [0.5, 0.6) is 0 Å². The van der Waals surface area contributed by atoms with E-state index < -0.39 is 0 Å². The van der Waals surface area contributed by atoms with E-state index in [1.54, 1.807) is 0 Å². The normalized spacial score (nSPS) is 17.7. The van der Waals surface area contributed by atoms with Gasteiger partial charge in [-0.2, -0.15) is 0 Å². The smallest absolute Gasteiger partial charge is 0.194 e. The van der Waals surface area contributed by atoms with Crippen molar-refractivity contribution in [1.29, 1.82) is 0 Å². The Morgan fingerprint density at radius 3 is 2.91 bits per heavy atom. The van der Waals surface area contributed by atoms with Gasteiger partial charge >= 0.3 is 0 Å². The molecule has 1 atom stereocenters. The summed E-state index contributed by atoms with van der Waals surface area (Å²) < 4.78 is 2.35. The zero-order valence-electron chi connectivity index (χ0n) is 14.0. The monoisotopic (exact) mass is 325 g/mol. The third kappa shape index (κ3) is 2.32. The third-order valence-electron chi connectivity index (χ3n) is 4.99. The summed E-state index contributed by atoms with van der Waals surface area (Å²) in [5, 5.41) is 0. The first-order chi connectivity index (χ1) is 11.1. The molecular weight excluding hydrogens is 302 g/mol. The molecule has 0 aliphatic heterocycles. The van der Waals surface area contributed by atoms with Crippen LogP contribution in [0, 0.1) is 19.8 Å². The number of thiazole rings is 1. The van der Waals surface area contributed by atoms with Gasteiger partial charge in [0.25, 0.3) is 0 Å². The van der Waals surface area contributed by atoms with Crippen LogP contribution in [-0.4, -0.2) is 9.38 Å². The average Bonchev–Trinajstić information content (AvgIpc) is 3.01. The molecule has 1 aliphatic rings. The van der Waals surface area contributed by atoms with Crippen LogP contribution in [-0.2, 0) is 19.4 Å². The number of fused-ring (bicyclic) bond motifs is 3. The fraction of sp³-hybridized carbons (Fsp3) is 0.421.